The van der Waals surface area contributed by atoms with Gasteiger partial charge in [0.1, 0.15) is 0 Å². The third-order valence-corrected chi connectivity index (χ3v) is 6.60. The number of sulfone groups is 1. The Labute approximate surface area is 117 Å². The number of nitrogens with two attached hydrogens (primary N) is 1. The first-order valence-corrected chi connectivity index (χ1v) is 8.50. The van der Waals surface area contributed by atoms with Crippen LogP contribution in [0.1, 0.15) is 48.0 Å². The van der Waals surface area contributed by atoms with Crippen molar-refractivity contribution in [1.29, 1.82) is 0 Å². The molecule has 6 heteroatoms. The van der Waals surface area contributed by atoms with Crippen molar-refractivity contribution in [2.24, 2.45) is 11.8 Å². The standard InChI is InChI=1S/C13H28N2O3S/c1-11(2)8-9(12(3,4)18-11)10(15-14)13(5,6)19(7,16)17/h9-10,15H,8,14H2,1-7H3. The van der Waals surface area contributed by atoms with E-state index in [0.717, 1.165) is 6.42 Å². The number of ether oxygens (including phenoxy) is 1. The van der Waals surface area contributed by atoms with Gasteiger partial charge in [0.25, 0.3) is 0 Å². The average molecular weight is 292 g/mol. The molecule has 1 heterocycles. The molecule has 19 heavy (non-hydrogen) atoms. The minimum atomic E-state index is -3.24. The second kappa shape index (κ2) is 4.69. The molecule has 2 atom stereocenters. The van der Waals surface area contributed by atoms with Gasteiger partial charge in [-0.05, 0) is 48.0 Å². The van der Waals surface area contributed by atoms with Crippen molar-refractivity contribution >= 4 is 9.84 Å². The number of hydrogen-bond donors (Lipinski definition) is 2. The molecule has 1 aliphatic heterocycles. The highest BCUT2D eigenvalue weighted by atomic mass is 32.2. The highest BCUT2D eigenvalue weighted by Gasteiger charge is 2.54. The van der Waals surface area contributed by atoms with Crippen LogP contribution in [0.25, 0.3) is 0 Å². The molecule has 0 aromatic heterocycles. The van der Waals surface area contributed by atoms with E-state index < -0.39 is 20.2 Å². The molecule has 5 nitrogen and oxygen atoms in total. The lowest BCUT2D eigenvalue weighted by Gasteiger charge is -2.40. The third-order valence-electron chi connectivity index (χ3n) is 4.43. The molecule has 1 aliphatic rings. The topological polar surface area (TPSA) is 81.4 Å². The van der Waals surface area contributed by atoms with Gasteiger partial charge in [-0.2, -0.15) is 0 Å². The van der Waals surface area contributed by atoms with Crippen molar-refractivity contribution in [3.05, 3.63) is 0 Å². The highest BCUT2D eigenvalue weighted by molar-refractivity contribution is 7.92. The minimum Gasteiger partial charge on any atom is -0.369 e. The first-order chi connectivity index (χ1) is 8.24. The summed E-state index contributed by atoms with van der Waals surface area (Å²) in [6.45, 7) is 11.5. The number of nitrogens with one attached hydrogen (secondary N) is 1. The zero-order valence-corrected chi connectivity index (χ0v) is 13.9. The van der Waals surface area contributed by atoms with E-state index in [1.807, 2.05) is 27.7 Å². The smallest absolute Gasteiger partial charge is 0.154 e. The molecule has 1 fully saturated rings. The zero-order valence-electron chi connectivity index (χ0n) is 13.1. The lowest BCUT2D eigenvalue weighted by Crippen LogP contribution is -2.60. The van der Waals surface area contributed by atoms with Gasteiger partial charge in [0.2, 0.25) is 0 Å². The van der Waals surface area contributed by atoms with Crippen LogP contribution in [0, 0.1) is 5.92 Å². The molecule has 114 valence electrons. The van der Waals surface area contributed by atoms with Crippen LogP contribution < -0.4 is 11.3 Å². The summed E-state index contributed by atoms with van der Waals surface area (Å²) < 4.78 is 29.2. The van der Waals surface area contributed by atoms with Gasteiger partial charge in [-0.1, -0.05) is 0 Å². The van der Waals surface area contributed by atoms with Gasteiger partial charge in [0.15, 0.2) is 9.84 Å². The molecule has 1 rings (SSSR count). The maximum atomic E-state index is 12.0. The second-order valence-electron chi connectivity index (χ2n) is 7.30. The van der Waals surface area contributed by atoms with Crippen LogP contribution in [0.2, 0.25) is 0 Å². The van der Waals surface area contributed by atoms with Gasteiger partial charge in [0.05, 0.1) is 15.9 Å². The SMILES string of the molecule is CC1(C)CC(C(NN)C(C)(C)S(C)(=O)=O)C(C)(C)O1. The van der Waals surface area contributed by atoms with E-state index in [1.165, 1.54) is 6.26 Å². The summed E-state index contributed by atoms with van der Waals surface area (Å²) in [4.78, 5) is 0. The van der Waals surface area contributed by atoms with Crippen LogP contribution in [-0.4, -0.2) is 36.7 Å². The largest absolute Gasteiger partial charge is 0.369 e. The molecular weight excluding hydrogens is 264 g/mol. The Morgan fingerprint density at radius 1 is 1.32 bits per heavy atom. The van der Waals surface area contributed by atoms with E-state index in [-0.39, 0.29) is 17.6 Å². The second-order valence-corrected chi connectivity index (χ2v) is 9.89. The summed E-state index contributed by atoms with van der Waals surface area (Å²) in [5.41, 5.74) is 2.04. The molecule has 2 unspecified atom stereocenters. The highest BCUT2D eigenvalue weighted by Crippen LogP contribution is 2.46. The Kier molecular flexibility index (Phi) is 4.16. The maximum Gasteiger partial charge on any atom is 0.154 e. The predicted octanol–water partition coefficient (Wildman–Crippen LogP) is 1.24. The normalized spacial score (nSPS) is 28.3. The summed E-state index contributed by atoms with van der Waals surface area (Å²) in [6, 6.07) is -0.362. The van der Waals surface area contributed by atoms with Gasteiger partial charge in [0, 0.05) is 18.2 Å². The first kappa shape index (κ1) is 16.9. The Morgan fingerprint density at radius 3 is 2.05 bits per heavy atom. The van der Waals surface area contributed by atoms with Crippen LogP contribution in [0.4, 0.5) is 0 Å². The number of rotatable bonds is 4. The lowest BCUT2D eigenvalue weighted by molar-refractivity contribution is -0.0786. The van der Waals surface area contributed by atoms with Crippen LogP contribution >= 0.6 is 0 Å². The van der Waals surface area contributed by atoms with Crippen molar-refractivity contribution in [3.8, 4) is 0 Å². The van der Waals surface area contributed by atoms with Gasteiger partial charge in [-0.3, -0.25) is 11.3 Å². The fraction of sp³-hybridized carbons (Fsp3) is 1.00. The summed E-state index contributed by atoms with van der Waals surface area (Å²) in [7, 11) is -3.24. The summed E-state index contributed by atoms with van der Waals surface area (Å²) >= 11 is 0. The van der Waals surface area contributed by atoms with E-state index in [0.29, 0.717) is 0 Å². The van der Waals surface area contributed by atoms with Crippen LogP contribution in [0.15, 0.2) is 0 Å². The molecular formula is C13H28N2O3S. The van der Waals surface area contributed by atoms with Gasteiger partial charge in [-0.25, -0.2) is 8.42 Å². The third kappa shape index (κ3) is 3.12. The van der Waals surface area contributed by atoms with Crippen LogP contribution in [0.5, 0.6) is 0 Å². The molecule has 0 aromatic carbocycles. The van der Waals surface area contributed by atoms with Gasteiger partial charge < -0.3 is 4.74 Å². The van der Waals surface area contributed by atoms with Crippen LogP contribution in [-0.2, 0) is 14.6 Å². The Balaban J connectivity index is 3.19. The Hall–Kier alpha value is -0.170. The van der Waals surface area contributed by atoms with E-state index in [2.05, 4.69) is 5.43 Å². The molecule has 3 N–H and O–H groups in total. The Bertz CT molecular complexity index is 441. The molecule has 0 bridgehead atoms. The van der Waals surface area contributed by atoms with Gasteiger partial charge >= 0.3 is 0 Å². The first-order valence-electron chi connectivity index (χ1n) is 6.60. The van der Waals surface area contributed by atoms with E-state index in [4.69, 9.17) is 10.6 Å². The van der Waals surface area contributed by atoms with E-state index in [1.54, 1.807) is 13.8 Å². The molecule has 0 saturated carbocycles. The van der Waals surface area contributed by atoms with E-state index in [9.17, 15) is 8.42 Å². The summed E-state index contributed by atoms with van der Waals surface area (Å²) in [5, 5.41) is 0. The molecule has 0 aromatic rings. The minimum absolute atomic E-state index is 0.0252. The van der Waals surface area contributed by atoms with Crippen LogP contribution in [0.3, 0.4) is 0 Å². The van der Waals surface area contributed by atoms with Crippen molar-refractivity contribution < 1.29 is 13.2 Å². The van der Waals surface area contributed by atoms with E-state index >= 15 is 0 Å². The van der Waals surface area contributed by atoms with Crippen molar-refractivity contribution in [2.45, 2.75) is 70.0 Å². The monoisotopic (exact) mass is 292 g/mol. The fourth-order valence-electron chi connectivity index (χ4n) is 3.16. The van der Waals surface area contributed by atoms with Crippen molar-refractivity contribution in [2.75, 3.05) is 6.26 Å². The average Bonchev–Trinajstić information content (AvgIpc) is 2.33. The number of hydrazine groups is 1. The summed E-state index contributed by atoms with van der Waals surface area (Å²) in [6.07, 6.45) is 2.03. The molecule has 0 amide bonds. The summed E-state index contributed by atoms with van der Waals surface area (Å²) in [5.74, 6) is 5.70. The lowest BCUT2D eigenvalue weighted by atomic mass is 9.77. The quantitative estimate of drug-likeness (QED) is 0.602. The fourth-order valence-corrected chi connectivity index (χ4v) is 3.85. The molecule has 0 spiro atoms. The molecule has 0 radical (unpaired) electrons. The molecule has 0 aliphatic carbocycles. The zero-order chi connectivity index (χ0) is 15.3. The maximum absolute atomic E-state index is 12.0. The Morgan fingerprint density at radius 2 is 1.79 bits per heavy atom. The number of hydrogen-bond acceptors (Lipinski definition) is 5. The van der Waals surface area contributed by atoms with Crippen molar-refractivity contribution in [1.82, 2.24) is 5.43 Å². The van der Waals surface area contributed by atoms with Crippen molar-refractivity contribution in [3.63, 3.8) is 0 Å². The predicted molar refractivity (Wildman–Crippen MR) is 77.4 cm³/mol. The van der Waals surface area contributed by atoms with Gasteiger partial charge in [-0.15, -0.1) is 0 Å². The molecule has 1 saturated heterocycles.